The topological polar surface area (TPSA) is 71.3 Å². The van der Waals surface area contributed by atoms with Crippen LogP contribution in [0.2, 0.25) is 0 Å². The normalized spacial score (nSPS) is 10.5. The van der Waals surface area contributed by atoms with Crippen molar-refractivity contribution in [2.75, 3.05) is 20.8 Å². The fourth-order valence-corrected chi connectivity index (χ4v) is 2.47. The molecular weight excluding hydrogens is 320 g/mol. The Balaban J connectivity index is 1.79. The number of benzene rings is 1. The number of methoxy groups -OCH3 is 2. The van der Waals surface area contributed by atoms with Gasteiger partial charge in [-0.15, -0.1) is 5.10 Å². The third-order valence-electron chi connectivity index (χ3n) is 3.65. The molecule has 0 saturated heterocycles. The lowest BCUT2D eigenvalue weighted by molar-refractivity contribution is 0.326. The van der Waals surface area contributed by atoms with Crippen molar-refractivity contribution >= 4 is 0 Å². The Morgan fingerprint density at radius 3 is 2.64 bits per heavy atom. The van der Waals surface area contributed by atoms with Crippen LogP contribution in [0.25, 0.3) is 11.3 Å². The molecule has 0 fully saturated rings. The lowest BCUT2D eigenvalue weighted by Crippen LogP contribution is -2.02. The molecule has 0 bridgehead atoms. The second-order valence-electron chi connectivity index (χ2n) is 5.31. The molecule has 0 aliphatic rings. The van der Waals surface area contributed by atoms with E-state index in [1.807, 2.05) is 43.5 Å². The first kappa shape index (κ1) is 16.8. The maximum absolute atomic E-state index is 5.42. The molecule has 0 aliphatic heterocycles. The Morgan fingerprint density at radius 1 is 1.04 bits per heavy atom. The van der Waals surface area contributed by atoms with E-state index in [0.29, 0.717) is 30.5 Å². The van der Waals surface area contributed by atoms with E-state index in [4.69, 9.17) is 14.2 Å². The first-order valence-electron chi connectivity index (χ1n) is 7.93. The van der Waals surface area contributed by atoms with Gasteiger partial charge in [0.2, 0.25) is 5.88 Å². The molecule has 0 spiro atoms. The summed E-state index contributed by atoms with van der Waals surface area (Å²) in [5.74, 6) is 1.95. The summed E-state index contributed by atoms with van der Waals surface area (Å²) < 4.78 is 17.8. The van der Waals surface area contributed by atoms with Crippen molar-refractivity contribution in [1.29, 1.82) is 0 Å². The summed E-state index contributed by atoms with van der Waals surface area (Å²) in [4.78, 5) is 4.17. The third-order valence-corrected chi connectivity index (χ3v) is 3.65. The van der Waals surface area contributed by atoms with Crippen molar-refractivity contribution in [3.05, 3.63) is 48.3 Å². The van der Waals surface area contributed by atoms with E-state index < -0.39 is 0 Å². The van der Waals surface area contributed by atoms with Gasteiger partial charge >= 0.3 is 0 Å². The summed E-state index contributed by atoms with van der Waals surface area (Å²) in [6.45, 7) is 3.10. The lowest BCUT2D eigenvalue weighted by Gasteiger charge is -2.08. The quantitative estimate of drug-likeness (QED) is 0.659. The number of nitrogens with zero attached hydrogens (tertiary/aromatic N) is 4. The van der Waals surface area contributed by atoms with Crippen LogP contribution in [0.5, 0.6) is 17.4 Å². The average molecular weight is 340 g/mol. The fraction of sp³-hybridized carbons (Fsp3) is 0.278. The van der Waals surface area contributed by atoms with Crippen LogP contribution in [0.15, 0.2) is 42.7 Å². The standard InChI is InChI=1S/C18H20N4O3/c1-4-25-18-9-13(7-8-19-18)11-22-12-15(20-21-22)14-5-6-16(23-2)17(10-14)24-3/h5-10,12H,4,11H2,1-3H3. The molecule has 25 heavy (non-hydrogen) atoms. The van der Waals surface area contributed by atoms with Crippen LogP contribution in [0.3, 0.4) is 0 Å². The van der Waals surface area contributed by atoms with Gasteiger partial charge in [-0.25, -0.2) is 9.67 Å². The third kappa shape index (κ3) is 3.88. The monoisotopic (exact) mass is 340 g/mol. The van der Waals surface area contributed by atoms with Gasteiger partial charge in [0.15, 0.2) is 11.5 Å². The molecular formula is C18H20N4O3. The van der Waals surface area contributed by atoms with Gasteiger partial charge in [-0.2, -0.15) is 0 Å². The van der Waals surface area contributed by atoms with Gasteiger partial charge in [0.05, 0.1) is 33.6 Å². The van der Waals surface area contributed by atoms with Crippen molar-refractivity contribution in [1.82, 2.24) is 20.0 Å². The van der Waals surface area contributed by atoms with E-state index in [1.54, 1.807) is 25.1 Å². The van der Waals surface area contributed by atoms with E-state index >= 15 is 0 Å². The van der Waals surface area contributed by atoms with E-state index in [2.05, 4.69) is 15.3 Å². The summed E-state index contributed by atoms with van der Waals surface area (Å²) in [7, 11) is 3.22. The summed E-state index contributed by atoms with van der Waals surface area (Å²) in [6.07, 6.45) is 3.62. The second kappa shape index (κ2) is 7.65. The predicted molar refractivity (Wildman–Crippen MR) is 93.1 cm³/mol. The molecule has 0 unspecified atom stereocenters. The molecule has 3 rings (SSSR count). The zero-order chi connectivity index (χ0) is 17.6. The van der Waals surface area contributed by atoms with E-state index in [9.17, 15) is 0 Å². The molecule has 0 amide bonds. The van der Waals surface area contributed by atoms with Crippen molar-refractivity contribution in [2.45, 2.75) is 13.5 Å². The summed E-state index contributed by atoms with van der Waals surface area (Å²) in [5.41, 5.74) is 2.72. The van der Waals surface area contributed by atoms with Crippen LogP contribution in [-0.4, -0.2) is 40.8 Å². The average Bonchev–Trinajstić information content (AvgIpc) is 3.10. The minimum atomic E-state index is 0.586. The Kier molecular flexibility index (Phi) is 5.13. The predicted octanol–water partition coefficient (Wildman–Crippen LogP) is 2.80. The van der Waals surface area contributed by atoms with Gasteiger partial charge in [-0.3, -0.25) is 0 Å². The van der Waals surface area contributed by atoms with E-state index in [1.165, 1.54) is 0 Å². The molecule has 0 N–H and O–H groups in total. The molecule has 3 aromatic rings. The molecule has 7 nitrogen and oxygen atoms in total. The largest absolute Gasteiger partial charge is 0.493 e. The van der Waals surface area contributed by atoms with Crippen LogP contribution in [-0.2, 0) is 6.54 Å². The zero-order valence-corrected chi connectivity index (χ0v) is 14.5. The zero-order valence-electron chi connectivity index (χ0n) is 14.5. The number of ether oxygens (including phenoxy) is 3. The molecule has 0 radical (unpaired) electrons. The first-order valence-corrected chi connectivity index (χ1v) is 7.93. The smallest absolute Gasteiger partial charge is 0.213 e. The highest BCUT2D eigenvalue weighted by molar-refractivity contribution is 5.63. The van der Waals surface area contributed by atoms with Crippen molar-refractivity contribution in [2.24, 2.45) is 0 Å². The summed E-state index contributed by atoms with van der Waals surface area (Å²) in [5, 5.41) is 8.44. The Hall–Kier alpha value is -3.09. The van der Waals surface area contributed by atoms with Gasteiger partial charge in [0.1, 0.15) is 5.69 Å². The van der Waals surface area contributed by atoms with Crippen molar-refractivity contribution in [3.8, 4) is 28.6 Å². The van der Waals surface area contributed by atoms with Crippen LogP contribution >= 0.6 is 0 Å². The second-order valence-corrected chi connectivity index (χ2v) is 5.31. The molecule has 0 saturated carbocycles. The van der Waals surface area contributed by atoms with Gasteiger partial charge in [0, 0.05) is 17.8 Å². The Morgan fingerprint density at radius 2 is 1.88 bits per heavy atom. The first-order chi connectivity index (χ1) is 12.2. The Labute approximate surface area is 146 Å². The number of pyridine rings is 1. The number of hydrogen-bond acceptors (Lipinski definition) is 6. The van der Waals surface area contributed by atoms with Crippen molar-refractivity contribution < 1.29 is 14.2 Å². The fourth-order valence-electron chi connectivity index (χ4n) is 2.47. The Bertz CT molecular complexity index is 848. The number of hydrogen-bond donors (Lipinski definition) is 0. The highest BCUT2D eigenvalue weighted by Crippen LogP contribution is 2.31. The van der Waals surface area contributed by atoms with Crippen LogP contribution in [0.4, 0.5) is 0 Å². The lowest BCUT2D eigenvalue weighted by atomic mass is 10.1. The highest BCUT2D eigenvalue weighted by Gasteiger charge is 2.10. The van der Waals surface area contributed by atoms with Gasteiger partial charge in [-0.1, -0.05) is 5.21 Å². The minimum Gasteiger partial charge on any atom is -0.493 e. The molecule has 0 aliphatic carbocycles. The van der Waals surface area contributed by atoms with Crippen LogP contribution < -0.4 is 14.2 Å². The minimum absolute atomic E-state index is 0.586. The van der Waals surface area contributed by atoms with Crippen molar-refractivity contribution in [3.63, 3.8) is 0 Å². The molecule has 1 aromatic carbocycles. The maximum atomic E-state index is 5.42. The van der Waals surface area contributed by atoms with Gasteiger partial charge in [0.25, 0.3) is 0 Å². The number of rotatable bonds is 7. The van der Waals surface area contributed by atoms with Gasteiger partial charge in [-0.05, 0) is 36.8 Å². The molecule has 130 valence electrons. The maximum Gasteiger partial charge on any atom is 0.213 e. The molecule has 7 heteroatoms. The molecule has 2 heterocycles. The highest BCUT2D eigenvalue weighted by atomic mass is 16.5. The molecule has 0 atom stereocenters. The summed E-state index contributed by atoms with van der Waals surface area (Å²) in [6, 6.07) is 9.49. The molecule has 2 aromatic heterocycles. The van der Waals surface area contributed by atoms with E-state index in [0.717, 1.165) is 16.8 Å². The summed E-state index contributed by atoms with van der Waals surface area (Å²) >= 11 is 0. The van der Waals surface area contributed by atoms with Crippen LogP contribution in [0, 0.1) is 0 Å². The number of aromatic nitrogens is 4. The van der Waals surface area contributed by atoms with Crippen LogP contribution in [0.1, 0.15) is 12.5 Å². The van der Waals surface area contributed by atoms with Gasteiger partial charge < -0.3 is 14.2 Å². The van der Waals surface area contributed by atoms with E-state index in [-0.39, 0.29) is 0 Å². The SMILES string of the molecule is CCOc1cc(Cn2cc(-c3ccc(OC)c(OC)c3)nn2)ccn1.